The Labute approximate surface area is 316 Å². The second-order valence-corrected chi connectivity index (χ2v) is 16.7. The van der Waals surface area contributed by atoms with Crippen LogP contribution in [0.4, 0.5) is 0 Å². The summed E-state index contributed by atoms with van der Waals surface area (Å²) < 4.78 is 7.48. The van der Waals surface area contributed by atoms with Crippen molar-refractivity contribution in [1.82, 2.24) is 4.40 Å². The van der Waals surface area contributed by atoms with Crippen molar-refractivity contribution in [1.29, 1.82) is 0 Å². The van der Waals surface area contributed by atoms with Crippen molar-refractivity contribution in [2.75, 3.05) is 0 Å². The summed E-state index contributed by atoms with van der Waals surface area (Å²) in [4.78, 5) is 0. The summed E-state index contributed by atoms with van der Waals surface area (Å²) in [6.45, 7) is 14.1. The van der Waals surface area contributed by atoms with Gasteiger partial charge in [-0.25, -0.2) is 0 Å². The highest BCUT2D eigenvalue weighted by atomic mass is 15.1. The highest BCUT2D eigenvalue weighted by Gasteiger charge is 2.47. The summed E-state index contributed by atoms with van der Waals surface area (Å²) >= 11 is 0. The molecule has 0 amide bonds. The summed E-state index contributed by atoms with van der Waals surface area (Å²) in [7, 11) is 0. The number of nitrogens with zero attached hydrogens (tertiary/aromatic N) is 3. The van der Waals surface area contributed by atoms with Gasteiger partial charge in [-0.15, -0.1) is 0 Å². The average Bonchev–Trinajstić information content (AvgIpc) is 3.71. The number of allylic oxidation sites excluding steroid dienone is 1. The van der Waals surface area contributed by atoms with E-state index in [9.17, 15) is 0 Å². The average molecular weight is 698 g/mol. The van der Waals surface area contributed by atoms with Crippen molar-refractivity contribution in [2.45, 2.75) is 57.9 Å². The first-order chi connectivity index (χ1) is 26.2. The van der Waals surface area contributed by atoms with E-state index < -0.39 is 0 Å². The van der Waals surface area contributed by atoms with Crippen molar-refractivity contribution < 1.29 is 9.13 Å². The van der Waals surface area contributed by atoms with Crippen molar-refractivity contribution >= 4 is 43.8 Å². The lowest BCUT2D eigenvalue weighted by molar-refractivity contribution is -0.727. The van der Waals surface area contributed by atoms with Gasteiger partial charge >= 0.3 is 0 Å². The molecule has 2 atom stereocenters. The topological polar surface area (TPSA) is 12.2 Å². The predicted molar refractivity (Wildman–Crippen MR) is 223 cm³/mol. The molecule has 2 aliphatic heterocycles. The summed E-state index contributed by atoms with van der Waals surface area (Å²) in [5.41, 5.74) is 18.0. The van der Waals surface area contributed by atoms with Crippen LogP contribution in [0.3, 0.4) is 0 Å². The fraction of sp³-hybridized carbons (Fsp3) is 0.176. The third-order valence-corrected chi connectivity index (χ3v) is 12.6. The van der Waals surface area contributed by atoms with Gasteiger partial charge in [0.1, 0.15) is 0 Å². The molecule has 11 rings (SSSR count). The number of rotatable bonds is 1. The minimum Gasteiger partial charge on any atom is -0.308 e. The number of fused-ring (bicyclic) bond motifs is 15. The minimum absolute atomic E-state index is 0.0630. The van der Waals surface area contributed by atoms with Gasteiger partial charge in [0.25, 0.3) is 0 Å². The molecule has 3 nitrogen and oxygen atoms in total. The predicted octanol–water partition coefficient (Wildman–Crippen LogP) is 11.8. The number of aryl methyl sites for hydroxylation is 2. The van der Waals surface area contributed by atoms with Crippen LogP contribution in [0.1, 0.15) is 61.4 Å². The van der Waals surface area contributed by atoms with Crippen LogP contribution in [0.25, 0.3) is 77.4 Å². The molecule has 0 aliphatic carbocycles. The zero-order valence-electron chi connectivity index (χ0n) is 31.4. The molecule has 5 aromatic carbocycles. The number of hydrogen-bond acceptors (Lipinski definition) is 0. The van der Waals surface area contributed by atoms with Crippen molar-refractivity contribution in [3.8, 4) is 33.6 Å². The maximum Gasteiger partial charge on any atom is 0.249 e. The zero-order valence-corrected chi connectivity index (χ0v) is 31.4. The Morgan fingerprint density at radius 1 is 0.667 bits per heavy atom. The molecule has 2 aliphatic rings. The third kappa shape index (κ3) is 4.42. The lowest BCUT2D eigenvalue weighted by atomic mass is 9.78. The van der Waals surface area contributed by atoms with E-state index in [1.54, 1.807) is 0 Å². The molecule has 0 spiro atoms. The number of hydrogen-bond donors (Lipinski definition) is 0. The largest absolute Gasteiger partial charge is 0.308 e. The lowest BCUT2D eigenvalue weighted by Gasteiger charge is -2.29. The SMILES string of the molecule is C=C1C2C(CCc3cc4c(cc3-c3cc(-c5ccccc5)cc[n+]31)c1cccc3c5cc(C(C)(C)C)ccc5n4c31)c1ccccc1-c1ccc(C)c[n+]12. The smallest absolute Gasteiger partial charge is 0.249 e. The summed E-state index contributed by atoms with van der Waals surface area (Å²) in [6.07, 6.45) is 6.59. The van der Waals surface area contributed by atoms with Gasteiger partial charge in [-0.05, 0) is 96.0 Å². The van der Waals surface area contributed by atoms with Gasteiger partial charge in [0.2, 0.25) is 23.1 Å². The Morgan fingerprint density at radius 3 is 2.26 bits per heavy atom. The van der Waals surface area contributed by atoms with Crippen LogP contribution >= 0.6 is 0 Å². The highest BCUT2D eigenvalue weighted by molar-refractivity contribution is 6.23. The maximum atomic E-state index is 4.98. The molecule has 6 heterocycles. The zero-order chi connectivity index (χ0) is 36.5. The Morgan fingerprint density at radius 2 is 1.44 bits per heavy atom. The molecular weight excluding hydrogens is 655 g/mol. The molecule has 3 heteroatoms. The summed E-state index contributed by atoms with van der Waals surface area (Å²) in [5.74, 6) is 0.258. The van der Waals surface area contributed by atoms with Gasteiger partial charge in [0.05, 0.1) is 28.0 Å². The maximum absolute atomic E-state index is 4.98. The van der Waals surface area contributed by atoms with Crippen LogP contribution in [0.5, 0.6) is 0 Å². The molecule has 54 heavy (non-hydrogen) atoms. The Balaban J connectivity index is 1.21. The van der Waals surface area contributed by atoms with Crippen molar-refractivity contribution in [2.24, 2.45) is 0 Å². The molecule has 4 aromatic heterocycles. The Hall–Kier alpha value is -6.06. The quantitative estimate of drug-likeness (QED) is 0.151. The van der Waals surface area contributed by atoms with Gasteiger partial charge in [-0.3, -0.25) is 0 Å². The number of pyridine rings is 2. The lowest BCUT2D eigenvalue weighted by Crippen LogP contribution is -2.53. The third-order valence-electron chi connectivity index (χ3n) is 12.6. The molecular formula is C51H43N3+2. The van der Waals surface area contributed by atoms with Gasteiger partial charge < -0.3 is 4.40 Å². The second kappa shape index (κ2) is 11.2. The van der Waals surface area contributed by atoms with Gasteiger partial charge in [0, 0.05) is 50.9 Å². The van der Waals surface area contributed by atoms with Gasteiger partial charge in [-0.1, -0.05) is 93.6 Å². The molecule has 0 saturated heterocycles. The van der Waals surface area contributed by atoms with Crippen LogP contribution in [0, 0.1) is 6.92 Å². The number of aromatic nitrogens is 3. The fourth-order valence-corrected chi connectivity index (χ4v) is 9.91. The van der Waals surface area contributed by atoms with E-state index in [-0.39, 0.29) is 17.4 Å². The van der Waals surface area contributed by atoms with E-state index in [4.69, 9.17) is 6.58 Å². The first kappa shape index (κ1) is 31.5. The summed E-state index contributed by atoms with van der Waals surface area (Å²) in [6, 6.07) is 48.2. The van der Waals surface area contributed by atoms with Crippen molar-refractivity contribution in [3.63, 3.8) is 0 Å². The molecule has 0 radical (unpaired) electrons. The molecule has 9 aromatic rings. The van der Waals surface area contributed by atoms with E-state index in [1.807, 2.05) is 0 Å². The van der Waals surface area contributed by atoms with Crippen LogP contribution in [-0.4, -0.2) is 4.40 Å². The van der Waals surface area contributed by atoms with E-state index in [1.165, 1.54) is 94.0 Å². The Kier molecular flexibility index (Phi) is 6.54. The first-order valence-electron chi connectivity index (χ1n) is 19.4. The van der Waals surface area contributed by atoms with Gasteiger partial charge in [0.15, 0.2) is 12.4 Å². The minimum atomic E-state index is 0.0630. The second-order valence-electron chi connectivity index (χ2n) is 16.7. The van der Waals surface area contributed by atoms with Gasteiger partial charge in [-0.2, -0.15) is 9.13 Å². The molecule has 260 valence electrons. The van der Waals surface area contributed by atoms with Crippen LogP contribution in [0.2, 0.25) is 0 Å². The fourth-order valence-electron chi connectivity index (χ4n) is 9.91. The highest BCUT2D eigenvalue weighted by Crippen LogP contribution is 2.47. The monoisotopic (exact) mass is 697 g/mol. The molecule has 0 saturated carbocycles. The molecule has 0 fully saturated rings. The number of benzene rings is 5. The van der Waals surface area contributed by atoms with Crippen molar-refractivity contribution in [3.05, 3.63) is 169 Å². The van der Waals surface area contributed by atoms with Crippen LogP contribution < -0.4 is 9.13 Å². The van der Waals surface area contributed by atoms with E-state index in [2.05, 4.69) is 181 Å². The number of para-hydroxylation sites is 1. The summed E-state index contributed by atoms with van der Waals surface area (Å²) in [5, 5.41) is 5.28. The van der Waals surface area contributed by atoms with E-state index in [0.717, 1.165) is 18.5 Å². The van der Waals surface area contributed by atoms with E-state index in [0.29, 0.717) is 0 Å². The molecule has 0 N–H and O–H groups in total. The van der Waals surface area contributed by atoms with Crippen LogP contribution in [-0.2, 0) is 11.8 Å². The van der Waals surface area contributed by atoms with E-state index >= 15 is 0 Å². The molecule has 0 bridgehead atoms. The molecule has 2 unspecified atom stereocenters. The standard InChI is InChI=1S/C51H43N3/c1-31-18-22-45-38-15-10-9-14-37(38)41-21-19-35-27-48-44(40-17-11-16-39-43-28-36(51(3,4)5)20-23-46(43)54(48)50(39)40)29-42(35)47-26-34(33-12-7-6-8-13-33)24-25-52(47)32(2)49(41)53(45)30-31/h6-18,20,22-30,41,49H,2,19,21H2,1,3-5H3/q+2. The normalized spacial score (nSPS) is 16.8. The first-order valence-corrected chi connectivity index (χ1v) is 19.4. The Bertz CT molecular complexity index is 3010. The van der Waals surface area contributed by atoms with Crippen LogP contribution in [0.15, 0.2) is 146 Å².